The molecule has 3 aromatic carbocycles. The number of carboxylic acids is 1. The number of aryl methyl sites for hydroxylation is 1. The second-order valence-electron chi connectivity index (χ2n) is 7.65. The number of carboxylic acid groups (broad SMARTS) is 1. The Bertz CT molecular complexity index is 1290. The topological polar surface area (TPSA) is 113 Å². The Balaban J connectivity index is 1.47. The summed E-state index contributed by atoms with van der Waals surface area (Å²) in [5.41, 5.74) is 2.76. The number of ether oxygens (including phenoxy) is 1. The second kappa shape index (κ2) is 9.41. The van der Waals surface area contributed by atoms with E-state index in [9.17, 15) is 19.2 Å². The summed E-state index contributed by atoms with van der Waals surface area (Å²) >= 11 is 0. The van der Waals surface area contributed by atoms with Gasteiger partial charge in [-0.15, -0.1) is 0 Å². The van der Waals surface area contributed by atoms with Crippen molar-refractivity contribution in [3.63, 3.8) is 0 Å². The summed E-state index contributed by atoms with van der Waals surface area (Å²) in [5, 5.41) is 11.2. The minimum Gasteiger partial charge on any atom is -0.489 e. The molecule has 1 aliphatic heterocycles. The molecule has 0 atom stereocenters. The Morgan fingerprint density at radius 3 is 2.21 bits per heavy atom. The molecule has 4 rings (SSSR count). The van der Waals surface area contributed by atoms with Crippen molar-refractivity contribution in [2.45, 2.75) is 13.5 Å². The van der Waals surface area contributed by atoms with Gasteiger partial charge in [0.15, 0.2) is 0 Å². The minimum absolute atomic E-state index is 0.160. The number of urea groups is 1. The number of barbiturate groups is 1. The van der Waals surface area contributed by atoms with Crippen LogP contribution >= 0.6 is 0 Å². The average Bonchev–Trinajstić information content (AvgIpc) is 2.82. The summed E-state index contributed by atoms with van der Waals surface area (Å²) in [7, 11) is 0. The molecule has 1 aliphatic rings. The zero-order chi connectivity index (χ0) is 24.2. The molecule has 0 saturated carbocycles. The summed E-state index contributed by atoms with van der Waals surface area (Å²) in [6, 6.07) is 19.1. The molecule has 1 saturated heterocycles. The number of nitrogens with zero attached hydrogens (tertiary/aromatic N) is 1. The van der Waals surface area contributed by atoms with Gasteiger partial charge in [-0.2, -0.15) is 0 Å². The fourth-order valence-corrected chi connectivity index (χ4v) is 3.32. The third kappa shape index (κ3) is 4.86. The number of imide groups is 2. The van der Waals surface area contributed by atoms with Gasteiger partial charge in [0.25, 0.3) is 11.8 Å². The van der Waals surface area contributed by atoms with Crippen molar-refractivity contribution in [3.05, 3.63) is 101 Å². The number of anilines is 1. The van der Waals surface area contributed by atoms with Crippen molar-refractivity contribution in [1.82, 2.24) is 5.32 Å². The van der Waals surface area contributed by atoms with Gasteiger partial charge in [-0.3, -0.25) is 14.9 Å². The van der Waals surface area contributed by atoms with E-state index in [1.807, 2.05) is 6.92 Å². The second-order valence-corrected chi connectivity index (χ2v) is 7.65. The van der Waals surface area contributed by atoms with E-state index in [0.717, 1.165) is 16.0 Å². The fraction of sp³-hybridized carbons (Fsp3) is 0.0769. The lowest BCUT2D eigenvalue weighted by Gasteiger charge is -2.26. The van der Waals surface area contributed by atoms with Gasteiger partial charge in [-0.1, -0.05) is 42.0 Å². The summed E-state index contributed by atoms with van der Waals surface area (Å²) in [5.74, 6) is -1.90. The molecule has 8 heteroatoms. The van der Waals surface area contributed by atoms with Crippen LogP contribution in [0.25, 0.3) is 6.08 Å². The van der Waals surface area contributed by atoms with Crippen molar-refractivity contribution in [1.29, 1.82) is 0 Å². The molecule has 0 unspecified atom stereocenters. The lowest BCUT2D eigenvalue weighted by atomic mass is 10.1. The first-order valence-corrected chi connectivity index (χ1v) is 10.3. The highest BCUT2D eigenvalue weighted by molar-refractivity contribution is 6.39. The van der Waals surface area contributed by atoms with Gasteiger partial charge in [-0.05, 0) is 60.5 Å². The molecule has 0 radical (unpaired) electrons. The van der Waals surface area contributed by atoms with E-state index in [1.54, 1.807) is 60.7 Å². The van der Waals surface area contributed by atoms with Gasteiger partial charge >= 0.3 is 12.0 Å². The first kappa shape index (κ1) is 22.5. The maximum Gasteiger partial charge on any atom is 0.335 e. The van der Waals surface area contributed by atoms with Crippen LogP contribution in [0.1, 0.15) is 27.0 Å². The highest BCUT2D eigenvalue weighted by atomic mass is 16.5. The van der Waals surface area contributed by atoms with Crippen LogP contribution in [0.15, 0.2) is 78.4 Å². The standard InChI is InChI=1S/C26H20N2O6/c1-16-2-10-20(11-3-16)28-24(30)22(23(29)27-26(28)33)14-17-6-12-21(13-7-17)34-15-18-4-8-19(9-5-18)25(31)32/h2-14H,15H2,1H3,(H,31,32)(H,27,29,33). The molecule has 0 bridgehead atoms. The molecule has 0 aromatic heterocycles. The Morgan fingerprint density at radius 2 is 1.59 bits per heavy atom. The van der Waals surface area contributed by atoms with Crippen LogP contribution in [-0.4, -0.2) is 28.9 Å². The highest BCUT2D eigenvalue weighted by Gasteiger charge is 2.36. The van der Waals surface area contributed by atoms with Gasteiger partial charge in [0.1, 0.15) is 17.9 Å². The Morgan fingerprint density at radius 1 is 0.941 bits per heavy atom. The van der Waals surface area contributed by atoms with Crippen LogP contribution in [0.2, 0.25) is 0 Å². The predicted octanol–water partition coefficient (Wildman–Crippen LogP) is 3.94. The quantitative estimate of drug-likeness (QED) is 0.429. The molecule has 1 fully saturated rings. The molecule has 8 nitrogen and oxygen atoms in total. The van der Waals surface area contributed by atoms with Crippen molar-refractivity contribution < 1.29 is 29.0 Å². The van der Waals surface area contributed by atoms with Crippen molar-refractivity contribution in [3.8, 4) is 5.75 Å². The summed E-state index contributed by atoms with van der Waals surface area (Å²) in [6.07, 6.45) is 1.42. The van der Waals surface area contributed by atoms with Gasteiger partial charge in [-0.25, -0.2) is 14.5 Å². The first-order valence-electron chi connectivity index (χ1n) is 10.3. The van der Waals surface area contributed by atoms with Crippen molar-refractivity contribution >= 4 is 35.6 Å². The molecular weight excluding hydrogens is 436 g/mol. The molecule has 2 N–H and O–H groups in total. The van der Waals surface area contributed by atoms with E-state index in [2.05, 4.69) is 5.32 Å². The number of hydrogen-bond donors (Lipinski definition) is 2. The Labute approximate surface area is 195 Å². The van der Waals surface area contributed by atoms with E-state index in [1.165, 1.54) is 18.2 Å². The molecule has 34 heavy (non-hydrogen) atoms. The molecule has 1 heterocycles. The van der Waals surface area contributed by atoms with E-state index in [4.69, 9.17) is 9.84 Å². The van der Waals surface area contributed by atoms with E-state index in [-0.39, 0.29) is 17.7 Å². The van der Waals surface area contributed by atoms with Crippen LogP contribution in [0.4, 0.5) is 10.5 Å². The number of benzene rings is 3. The maximum atomic E-state index is 12.9. The lowest BCUT2D eigenvalue weighted by molar-refractivity contribution is -0.122. The van der Waals surface area contributed by atoms with E-state index in [0.29, 0.717) is 17.0 Å². The molecule has 3 aromatic rings. The lowest BCUT2D eigenvalue weighted by Crippen LogP contribution is -2.54. The van der Waals surface area contributed by atoms with Crippen LogP contribution in [-0.2, 0) is 16.2 Å². The SMILES string of the molecule is Cc1ccc(N2C(=O)NC(=O)C(=Cc3ccc(OCc4ccc(C(=O)O)cc4)cc3)C2=O)cc1. The van der Waals surface area contributed by atoms with Crippen LogP contribution < -0.4 is 15.0 Å². The summed E-state index contributed by atoms with van der Waals surface area (Å²) in [4.78, 5) is 49.4. The summed E-state index contributed by atoms with van der Waals surface area (Å²) in [6.45, 7) is 2.13. The monoisotopic (exact) mass is 456 g/mol. The van der Waals surface area contributed by atoms with Crippen molar-refractivity contribution in [2.75, 3.05) is 4.90 Å². The highest BCUT2D eigenvalue weighted by Crippen LogP contribution is 2.23. The molecular formula is C26H20N2O6. The molecule has 170 valence electrons. The summed E-state index contributed by atoms with van der Waals surface area (Å²) < 4.78 is 5.71. The van der Waals surface area contributed by atoms with Crippen LogP contribution in [0.5, 0.6) is 5.75 Å². The third-order valence-electron chi connectivity index (χ3n) is 5.19. The Kier molecular flexibility index (Phi) is 6.22. The number of aromatic carboxylic acids is 1. The first-order chi connectivity index (χ1) is 16.3. The van der Waals surface area contributed by atoms with Gasteiger partial charge in [0.05, 0.1) is 11.3 Å². The van der Waals surface area contributed by atoms with E-state index < -0.39 is 23.8 Å². The number of rotatable bonds is 6. The molecule has 0 aliphatic carbocycles. The van der Waals surface area contributed by atoms with Gasteiger partial charge in [0, 0.05) is 0 Å². The molecule has 0 spiro atoms. The van der Waals surface area contributed by atoms with Gasteiger partial charge in [0.2, 0.25) is 0 Å². The zero-order valence-corrected chi connectivity index (χ0v) is 18.1. The van der Waals surface area contributed by atoms with Crippen LogP contribution in [0, 0.1) is 6.92 Å². The smallest absolute Gasteiger partial charge is 0.335 e. The average molecular weight is 456 g/mol. The number of amides is 4. The van der Waals surface area contributed by atoms with Gasteiger partial charge < -0.3 is 9.84 Å². The number of hydrogen-bond acceptors (Lipinski definition) is 5. The zero-order valence-electron chi connectivity index (χ0n) is 18.1. The van der Waals surface area contributed by atoms with E-state index >= 15 is 0 Å². The number of carbonyl (C=O) groups excluding carboxylic acids is 3. The normalized spacial score (nSPS) is 14.8. The maximum absolute atomic E-state index is 12.9. The number of carbonyl (C=O) groups is 4. The minimum atomic E-state index is -0.992. The third-order valence-corrected chi connectivity index (χ3v) is 5.19. The van der Waals surface area contributed by atoms with Crippen LogP contribution in [0.3, 0.4) is 0 Å². The van der Waals surface area contributed by atoms with Crippen molar-refractivity contribution in [2.24, 2.45) is 0 Å². The molecule has 4 amide bonds. The Hall–Kier alpha value is -4.72. The largest absolute Gasteiger partial charge is 0.489 e. The predicted molar refractivity (Wildman–Crippen MR) is 124 cm³/mol. The fourth-order valence-electron chi connectivity index (χ4n) is 3.32. The number of nitrogens with one attached hydrogen (secondary N) is 1.